The molecule has 1 heterocycles. The molecule has 30 heavy (non-hydrogen) atoms. The third kappa shape index (κ3) is 4.90. The molecule has 0 saturated heterocycles. The van der Waals surface area contributed by atoms with Gasteiger partial charge in [0.2, 0.25) is 5.62 Å². The van der Waals surface area contributed by atoms with Crippen LogP contribution in [0.5, 0.6) is 0 Å². The number of nitrogens with one attached hydrogen (secondary N) is 1. The molecular weight excluding hydrogens is 431 g/mol. The molecular formula is C20H18Cl2N4O4. The van der Waals surface area contributed by atoms with Crippen LogP contribution in [0.1, 0.15) is 17.5 Å². The van der Waals surface area contributed by atoms with Crippen molar-refractivity contribution in [1.82, 2.24) is 14.1 Å². The van der Waals surface area contributed by atoms with E-state index >= 15 is 0 Å². The predicted octanol–water partition coefficient (Wildman–Crippen LogP) is 2.71. The molecule has 0 spiro atoms. The summed E-state index contributed by atoms with van der Waals surface area (Å²) < 4.78 is 2.09. The van der Waals surface area contributed by atoms with Crippen molar-refractivity contribution in [3.63, 3.8) is 0 Å². The lowest BCUT2D eigenvalue weighted by Crippen LogP contribution is -2.50. The zero-order valence-electron chi connectivity index (χ0n) is 15.9. The minimum absolute atomic E-state index is 0.0266. The van der Waals surface area contributed by atoms with Gasteiger partial charge in [0.1, 0.15) is 0 Å². The topological polar surface area (TPSA) is 109 Å². The Balaban J connectivity index is 2.22. The summed E-state index contributed by atoms with van der Waals surface area (Å²) in [5.41, 5.74) is 0.658. The number of hydrogen-bond acceptors (Lipinski definition) is 4. The molecule has 3 rings (SSSR count). The van der Waals surface area contributed by atoms with Gasteiger partial charge in [0, 0.05) is 6.54 Å². The van der Waals surface area contributed by atoms with Crippen molar-refractivity contribution in [2.24, 2.45) is 4.99 Å². The zero-order valence-corrected chi connectivity index (χ0v) is 17.4. The molecule has 1 aromatic heterocycles. The van der Waals surface area contributed by atoms with Crippen molar-refractivity contribution in [3.8, 4) is 0 Å². The fraction of sp³-hybridized carbons (Fsp3) is 0.200. The summed E-state index contributed by atoms with van der Waals surface area (Å²) in [5.74, 6) is -1.12. The number of rotatable bonds is 6. The standard InChI is InChI=1S/C20H18Cl2N4O4/c1-12-5-7-13(8-6-12)11-26-18(23-15-4-2-3-14(21)17(15)22)24-19(29)25(20(26)30)10-9-16(27)28/h2-8H,9-11H2,1H3,(H,27,28)(H,23,24,29). The van der Waals surface area contributed by atoms with Crippen LogP contribution in [-0.4, -0.2) is 25.2 Å². The van der Waals surface area contributed by atoms with Crippen molar-refractivity contribution in [3.05, 3.63) is 90.2 Å². The SMILES string of the molecule is Cc1ccc(Cn2c(=O)n(CCC(=O)O)c(=O)[nH]/c2=N\c2cccc(Cl)c2Cl)cc1. The summed E-state index contributed by atoms with van der Waals surface area (Å²) >= 11 is 12.2. The van der Waals surface area contributed by atoms with E-state index in [0.29, 0.717) is 0 Å². The van der Waals surface area contributed by atoms with Crippen LogP contribution in [0.4, 0.5) is 5.69 Å². The van der Waals surface area contributed by atoms with E-state index in [9.17, 15) is 14.4 Å². The van der Waals surface area contributed by atoms with E-state index in [0.717, 1.165) is 15.7 Å². The van der Waals surface area contributed by atoms with Gasteiger partial charge in [-0.1, -0.05) is 59.1 Å². The van der Waals surface area contributed by atoms with Crippen LogP contribution in [0.15, 0.2) is 57.0 Å². The predicted molar refractivity (Wildman–Crippen MR) is 114 cm³/mol. The molecule has 0 atom stereocenters. The Morgan fingerprint density at radius 2 is 1.80 bits per heavy atom. The molecule has 0 bridgehead atoms. The number of aromatic amines is 1. The highest BCUT2D eigenvalue weighted by molar-refractivity contribution is 6.43. The second-order valence-corrected chi connectivity index (χ2v) is 7.37. The Hall–Kier alpha value is -3.10. The summed E-state index contributed by atoms with van der Waals surface area (Å²) in [6, 6.07) is 12.3. The Bertz CT molecular complexity index is 1270. The monoisotopic (exact) mass is 448 g/mol. The highest BCUT2D eigenvalue weighted by Crippen LogP contribution is 2.31. The van der Waals surface area contributed by atoms with Gasteiger partial charge in [-0.2, -0.15) is 0 Å². The molecule has 0 fully saturated rings. The van der Waals surface area contributed by atoms with Crippen LogP contribution in [0.2, 0.25) is 10.0 Å². The normalized spacial score (nSPS) is 11.6. The molecule has 10 heteroatoms. The lowest BCUT2D eigenvalue weighted by molar-refractivity contribution is -0.137. The number of carboxylic acids is 1. The highest BCUT2D eigenvalue weighted by Gasteiger charge is 2.12. The molecule has 8 nitrogen and oxygen atoms in total. The Kier molecular flexibility index (Phi) is 6.59. The van der Waals surface area contributed by atoms with Crippen molar-refractivity contribution in [2.45, 2.75) is 26.4 Å². The van der Waals surface area contributed by atoms with Crippen molar-refractivity contribution in [2.75, 3.05) is 0 Å². The molecule has 0 saturated carbocycles. The third-order valence-electron chi connectivity index (χ3n) is 4.35. The molecule has 2 aromatic carbocycles. The molecule has 0 aliphatic rings. The van der Waals surface area contributed by atoms with Gasteiger partial charge in [-0.15, -0.1) is 0 Å². The number of aromatic nitrogens is 3. The zero-order chi connectivity index (χ0) is 21.8. The first-order chi connectivity index (χ1) is 14.3. The van der Waals surface area contributed by atoms with E-state index in [1.165, 1.54) is 4.57 Å². The number of aliphatic carboxylic acids is 1. The minimum Gasteiger partial charge on any atom is -0.481 e. The van der Waals surface area contributed by atoms with Gasteiger partial charge in [-0.25, -0.2) is 19.1 Å². The Labute approximate surface area is 180 Å². The van der Waals surface area contributed by atoms with Gasteiger partial charge in [0.05, 0.1) is 28.7 Å². The molecule has 0 aliphatic heterocycles. The van der Waals surface area contributed by atoms with Gasteiger partial charge in [0.25, 0.3) is 0 Å². The maximum absolute atomic E-state index is 13.0. The van der Waals surface area contributed by atoms with Crippen molar-refractivity contribution in [1.29, 1.82) is 0 Å². The summed E-state index contributed by atoms with van der Waals surface area (Å²) in [5, 5.41) is 9.37. The van der Waals surface area contributed by atoms with Gasteiger partial charge in [0.15, 0.2) is 0 Å². The van der Waals surface area contributed by atoms with E-state index < -0.39 is 17.3 Å². The first kappa shape index (κ1) is 21.6. The lowest BCUT2D eigenvalue weighted by atomic mass is 10.1. The fourth-order valence-corrected chi connectivity index (χ4v) is 3.10. The number of aryl methyl sites for hydroxylation is 1. The van der Waals surface area contributed by atoms with Crippen molar-refractivity contribution < 1.29 is 9.90 Å². The van der Waals surface area contributed by atoms with E-state index in [2.05, 4.69) is 9.98 Å². The number of carbonyl (C=O) groups is 1. The maximum atomic E-state index is 13.0. The number of hydrogen-bond donors (Lipinski definition) is 2. The van der Waals surface area contributed by atoms with E-state index in [1.807, 2.05) is 31.2 Å². The number of halogens is 2. The second kappa shape index (κ2) is 9.15. The van der Waals surface area contributed by atoms with Crippen LogP contribution in [0.25, 0.3) is 0 Å². The summed E-state index contributed by atoms with van der Waals surface area (Å²) in [7, 11) is 0. The number of carboxylic acid groups (broad SMARTS) is 1. The van der Waals surface area contributed by atoms with Gasteiger partial charge >= 0.3 is 17.3 Å². The smallest absolute Gasteiger partial charge is 0.335 e. The highest BCUT2D eigenvalue weighted by atomic mass is 35.5. The summed E-state index contributed by atoms with van der Waals surface area (Å²) in [6.45, 7) is 1.79. The Morgan fingerprint density at radius 3 is 2.47 bits per heavy atom. The average Bonchev–Trinajstić information content (AvgIpc) is 2.69. The van der Waals surface area contributed by atoms with Crippen LogP contribution in [0.3, 0.4) is 0 Å². The molecule has 0 aliphatic carbocycles. The van der Waals surface area contributed by atoms with Crippen molar-refractivity contribution >= 4 is 34.9 Å². The molecule has 0 amide bonds. The molecule has 156 valence electrons. The fourth-order valence-electron chi connectivity index (χ4n) is 2.76. The van der Waals surface area contributed by atoms with Gasteiger partial charge in [-0.3, -0.25) is 14.3 Å². The van der Waals surface area contributed by atoms with Gasteiger partial charge < -0.3 is 5.11 Å². The van der Waals surface area contributed by atoms with Crippen LogP contribution >= 0.6 is 23.2 Å². The molecule has 0 unspecified atom stereocenters. The van der Waals surface area contributed by atoms with Crippen LogP contribution < -0.4 is 17.0 Å². The largest absolute Gasteiger partial charge is 0.481 e. The average molecular weight is 449 g/mol. The van der Waals surface area contributed by atoms with Gasteiger partial charge in [-0.05, 0) is 24.6 Å². The summed E-state index contributed by atoms with van der Waals surface area (Å²) in [4.78, 5) is 43.3. The first-order valence-corrected chi connectivity index (χ1v) is 9.72. The number of H-pyrrole nitrogens is 1. The van der Waals surface area contributed by atoms with E-state index in [4.69, 9.17) is 28.3 Å². The molecule has 3 aromatic rings. The minimum atomic E-state index is -1.12. The number of nitrogens with zero attached hydrogens (tertiary/aromatic N) is 3. The Morgan fingerprint density at radius 1 is 1.10 bits per heavy atom. The van der Waals surface area contributed by atoms with E-state index in [-0.39, 0.29) is 40.9 Å². The maximum Gasteiger partial charge on any atom is 0.335 e. The van der Waals surface area contributed by atoms with Crippen LogP contribution in [-0.2, 0) is 17.9 Å². The second-order valence-electron chi connectivity index (χ2n) is 6.59. The molecule has 2 N–H and O–H groups in total. The first-order valence-electron chi connectivity index (χ1n) is 8.96. The summed E-state index contributed by atoms with van der Waals surface area (Å²) in [6.07, 6.45) is -0.371. The quantitative estimate of drug-likeness (QED) is 0.603. The number of benzene rings is 2. The third-order valence-corrected chi connectivity index (χ3v) is 5.16. The van der Waals surface area contributed by atoms with E-state index in [1.54, 1.807) is 18.2 Å². The lowest BCUT2D eigenvalue weighted by Gasteiger charge is -2.11. The van der Waals surface area contributed by atoms with Crippen LogP contribution in [0, 0.1) is 6.92 Å². The molecule has 0 radical (unpaired) electrons.